The van der Waals surface area contributed by atoms with Gasteiger partial charge in [0.25, 0.3) is 0 Å². The Kier molecular flexibility index (Phi) is 1.68. The molecule has 0 aromatic heterocycles. The van der Waals surface area contributed by atoms with Crippen LogP contribution in [-0.4, -0.2) is 12.1 Å². The molecular formula is C5H8BrClO2S. The molecule has 0 aromatic carbocycles. The Morgan fingerprint density at radius 3 is 1.80 bits per heavy atom. The molecular weight excluding hydrogens is 239 g/mol. The predicted molar refractivity (Wildman–Crippen MR) is 44.8 cm³/mol. The summed E-state index contributed by atoms with van der Waals surface area (Å²) in [6, 6.07) is 0. The molecule has 1 unspecified atom stereocenters. The van der Waals surface area contributed by atoms with Gasteiger partial charge in [-0.1, -0.05) is 29.8 Å². The third-order valence-corrected chi connectivity index (χ3v) is 7.39. The fourth-order valence-electron chi connectivity index (χ4n) is 0.940. The maximum absolute atomic E-state index is 10.8. The van der Waals surface area contributed by atoms with Crippen molar-refractivity contribution in [2.24, 2.45) is 5.41 Å². The van der Waals surface area contributed by atoms with E-state index in [9.17, 15) is 8.42 Å². The van der Waals surface area contributed by atoms with Crippen molar-refractivity contribution in [3.05, 3.63) is 0 Å². The summed E-state index contributed by atoms with van der Waals surface area (Å²) in [5.74, 6) is 0. The molecule has 1 atom stereocenters. The number of rotatable bonds is 1. The molecule has 1 saturated carbocycles. The highest BCUT2D eigenvalue weighted by Gasteiger charge is 2.68. The molecule has 1 aliphatic carbocycles. The molecule has 0 aromatic rings. The summed E-state index contributed by atoms with van der Waals surface area (Å²) >= 11 is 3.11. The lowest BCUT2D eigenvalue weighted by atomic mass is 10.2. The molecule has 1 fully saturated rings. The highest BCUT2D eigenvalue weighted by molar-refractivity contribution is 9.12. The van der Waals surface area contributed by atoms with Gasteiger partial charge in [-0.2, -0.15) is 0 Å². The first-order valence-corrected chi connectivity index (χ1v) is 5.94. The molecule has 1 aliphatic rings. The van der Waals surface area contributed by atoms with Crippen LogP contribution in [0.3, 0.4) is 0 Å². The van der Waals surface area contributed by atoms with E-state index in [2.05, 4.69) is 15.9 Å². The summed E-state index contributed by atoms with van der Waals surface area (Å²) in [6.07, 6.45) is 0.589. The van der Waals surface area contributed by atoms with E-state index in [0.29, 0.717) is 6.42 Å². The normalized spacial score (nSPS) is 37.6. The maximum Gasteiger partial charge on any atom is 0.248 e. The summed E-state index contributed by atoms with van der Waals surface area (Å²) in [5, 5.41) is 0. The highest BCUT2D eigenvalue weighted by Crippen LogP contribution is 2.65. The third kappa shape index (κ3) is 1.01. The first-order chi connectivity index (χ1) is 4.21. The molecule has 0 saturated heterocycles. The van der Waals surface area contributed by atoms with Crippen molar-refractivity contribution in [2.45, 2.75) is 23.9 Å². The zero-order valence-corrected chi connectivity index (χ0v) is 8.85. The van der Waals surface area contributed by atoms with Crippen LogP contribution < -0.4 is 0 Å². The van der Waals surface area contributed by atoms with Crippen molar-refractivity contribution in [3.8, 4) is 0 Å². The van der Waals surface area contributed by atoms with E-state index in [4.69, 9.17) is 10.7 Å². The lowest BCUT2D eigenvalue weighted by Gasteiger charge is -2.06. The largest absolute Gasteiger partial charge is 0.248 e. The Labute approximate surface area is 73.5 Å². The van der Waals surface area contributed by atoms with Gasteiger partial charge in [-0.25, -0.2) is 8.42 Å². The van der Waals surface area contributed by atoms with Crippen molar-refractivity contribution in [3.63, 3.8) is 0 Å². The molecule has 0 amide bonds. The van der Waals surface area contributed by atoms with Crippen LogP contribution in [0.2, 0.25) is 0 Å². The number of alkyl halides is 1. The molecule has 60 valence electrons. The molecule has 0 heterocycles. The quantitative estimate of drug-likeness (QED) is 0.525. The molecule has 0 bridgehead atoms. The first kappa shape index (κ1) is 8.81. The first-order valence-electron chi connectivity index (χ1n) is 2.84. The Balaban J connectivity index is 3.00. The van der Waals surface area contributed by atoms with Gasteiger partial charge in [-0.05, 0) is 11.8 Å². The second kappa shape index (κ2) is 1.90. The lowest BCUT2D eigenvalue weighted by Crippen LogP contribution is -2.15. The molecule has 10 heavy (non-hydrogen) atoms. The van der Waals surface area contributed by atoms with Crippen molar-refractivity contribution in [1.29, 1.82) is 0 Å². The summed E-state index contributed by atoms with van der Waals surface area (Å²) in [4.78, 5) is 0. The van der Waals surface area contributed by atoms with E-state index in [1.165, 1.54) is 0 Å². The summed E-state index contributed by atoms with van der Waals surface area (Å²) in [5.41, 5.74) is -0.215. The summed E-state index contributed by atoms with van der Waals surface area (Å²) in [7, 11) is 1.73. The van der Waals surface area contributed by atoms with E-state index in [1.807, 2.05) is 13.8 Å². The average Bonchev–Trinajstić information content (AvgIpc) is 2.05. The van der Waals surface area contributed by atoms with E-state index in [-0.39, 0.29) is 5.41 Å². The summed E-state index contributed by atoms with van der Waals surface area (Å²) < 4.78 is 20.8. The SMILES string of the molecule is CC1(C)CC1(Br)S(=O)(=O)Cl. The standard InChI is InChI=1S/C5H8BrClO2S/c1-4(2)3-5(4,6)10(7,8)9/h3H2,1-2H3. The maximum atomic E-state index is 10.8. The average molecular weight is 248 g/mol. The number of hydrogen-bond acceptors (Lipinski definition) is 2. The van der Waals surface area contributed by atoms with E-state index in [0.717, 1.165) is 0 Å². The zero-order chi connectivity index (χ0) is 8.21. The minimum atomic E-state index is -3.45. The van der Waals surface area contributed by atoms with Crippen LogP contribution in [0.4, 0.5) is 0 Å². The van der Waals surface area contributed by atoms with E-state index < -0.39 is 12.7 Å². The van der Waals surface area contributed by atoms with Gasteiger partial charge in [-0.3, -0.25) is 0 Å². The Morgan fingerprint density at radius 2 is 1.80 bits per heavy atom. The second-order valence-corrected chi connectivity index (χ2v) is 7.90. The van der Waals surface area contributed by atoms with Gasteiger partial charge in [-0.15, -0.1) is 0 Å². The smallest absolute Gasteiger partial charge is 0.211 e. The molecule has 0 spiro atoms. The summed E-state index contributed by atoms with van der Waals surface area (Å²) in [6.45, 7) is 3.73. The second-order valence-electron chi connectivity index (χ2n) is 3.23. The van der Waals surface area contributed by atoms with Crippen LogP contribution >= 0.6 is 26.6 Å². The number of hydrogen-bond donors (Lipinski definition) is 0. The van der Waals surface area contributed by atoms with E-state index in [1.54, 1.807) is 0 Å². The number of halogens is 2. The Morgan fingerprint density at radius 1 is 1.50 bits per heavy atom. The van der Waals surface area contributed by atoms with Gasteiger partial charge in [0.2, 0.25) is 9.05 Å². The van der Waals surface area contributed by atoms with Crippen molar-refractivity contribution in [2.75, 3.05) is 0 Å². The fraction of sp³-hybridized carbons (Fsp3) is 1.00. The van der Waals surface area contributed by atoms with Crippen molar-refractivity contribution >= 4 is 35.7 Å². The topological polar surface area (TPSA) is 34.1 Å². The highest BCUT2D eigenvalue weighted by atomic mass is 79.9. The predicted octanol–water partition coefficient (Wildman–Crippen LogP) is 2.08. The monoisotopic (exact) mass is 246 g/mol. The third-order valence-electron chi connectivity index (χ3n) is 1.94. The van der Waals surface area contributed by atoms with Gasteiger partial charge in [0.15, 0.2) is 0 Å². The van der Waals surface area contributed by atoms with Gasteiger partial charge in [0, 0.05) is 10.7 Å². The van der Waals surface area contributed by atoms with Gasteiger partial charge in [0.1, 0.15) is 3.66 Å². The van der Waals surface area contributed by atoms with Crippen molar-refractivity contribution < 1.29 is 8.42 Å². The minimum absolute atomic E-state index is 0.215. The molecule has 0 radical (unpaired) electrons. The van der Waals surface area contributed by atoms with Crippen molar-refractivity contribution in [1.82, 2.24) is 0 Å². The van der Waals surface area contributed by atoms with Gasteiger partial charge in [0.05, 0.1) is 0 Å². The Bertz CT molecular complexity index is 259. The van der Waals surface area contributed by atoms with E-state index >= 15 is 0 Å². The molecule has 0 N–H and O–H groups in total. The Hall–Kier alpha value is 0.720. The fourth-order valence-corrected chi connectivity index (χ4v) is 3.62. The van der Waals surface area contributed by atoms with Gasteiger partial charge < -0.3 is 0 Å². The van der Waals surface area contributed by atoms with Crippen LogP contribution in [0.1, 0.15) is 20.3 Å². The minimum Gasteiger partial charge on any atom is -0.211 e. The molecule has 5 heteroatoms. The van der Waals surface area contributed by atoms with Crippen LogP contribution in [0.15, 0.2) is 0 Å². The van der Waals surface area contributed by atoms with Crippen LogP contribution in [-0.2, 0) is 9.05 Å². The lowest BCUT2D eigenvalue weighted by molar-refractivity contribution is 0.586. The molecule has 0 aliphatic heterocycles. The molecule has 1 rings (SSSR count). The van der Waals surface area contributed by atoms with Gasteiger partial charge >= 0.3 is 0 Å². The zero-order valence-electron chi connectivity index (χ0n) is 5.69. The van der Waals surface area contributed by atoms with Crippen LogP contribution in [0, 0.1) is 5.41 Å². The van der Waals surface area contributed by atoms with Crippen LogP contribution in [0.5, 0.6) is 0 Å². The van der Waals surface area contributed by atoms with Crippen LogP contribution in [0.25, 0.3) is 0 Å². The molecule has 2 nitrogen and oxygen atoms in total.